The molecule has 1 atom stereocenters. The minimum absolute atomic E-state index is 0.0970. The lowest BCUT2D eigenvalue weighted by Crippen LogP contribution is -2.38. The molecular weight excluding hydrogens is 350 g/mol. The number of rotatable bonds is 5. The molecule has 2 amide bonds. The molecule has 1 aliphatic carbocycles. The van der Waals surface area contributed by atoms with Crippen LogP contribution in [-0.4, -0.2) is 37.2 Å². The second kappa shape index (κ2) is 9.22. The molecule has 0 radical (unpaired) electrons. The molecule has 148 valence electrons. The Morgan fingerprint density at radius 2 is 1.89 bits per heavy atom. The molecule has 0 unspecified atom stereocenters. The lowest BCUT2D eigenvalue weighted by molar-refractivity contribution is 0.0342. The van der Waals surface area contributed by atoms with Crippen LogP contribution < -0.4 is 10.6 Å². The first-order valence-electron chi connectivity index (χ1n) is 10.3. The van der Waals surface area contributed by atoms with Crippen LogP contribution in [0.25, 0.3) is 0 Å². The Morgan fingerprint density at radius 3 is 2.79 bits per heavy atom. The molecule has 0 bridgehead atoms. The fourth-order valence-corrected chi connectivity index (χ4v) is 4.15. The summed E-state index contributed by atoms with van der Waals surface area (Å²) in [6.45, 7) is 5.05. The summed E-state index contributed by atoms with van der Waals surface area (Å²) in [5.41, 5.74) is 5.03. The van der Waals surface area contributed by atoms with Gasteiger partial charge in [-0.25, -0.2) is 4.79 Å². The van der Waals surface area contributed by atoms with Gasteiger partial charge in [0.15, 0.2) is 0 Å². The molecule has 2 N–H and O–H groups in total. The van der Waals surface area contributed by atoms with E-state index in [9.17, 15) is 4.79 Å². The molecule has 5 heteroatoms. The number of aryl methyl sites for hydroxylation is 1. The van der Waals surface area contributed by atoms with E-state index in [2.05, 4.69) is 64.1 Å². The molecule has 1 saturated heterocycles. The number of fused-ring (bicyclic) bond motifs is 1. The maximum atomic E-state index is 12.5. The van der Waals surface area contributed by atoms with Crippen LogP contribution >= 0.6 is 0 Å². The van der Waals surface area contributed by atoms with Gasteiger partial charge in [-0.05, 0) is 41.5 Å². The Hall–Kier alpha value is -2.37. The Bertz CT molecular complexity index is 802. The molecule has 0 spiro atoms. The fourth-order valence-electron chi connectivity index (χ4n) is 4.15. The van der Waals surface area contributed by atoms with Crippen LogP contribution in [0.2, 0.25) is 0 Å². The highest BCUT2D eigenvalue weighted by Crippen LogP contribution is 2.29. The summed E-state index contributed by atoms with van der Waals surface area (Å²) < 4.78 is 5.41. The smallest absolute Gasteiger partial charge is 0.315 e. The summed E-state index contributed by atoms with van der Waals surface area (Å²) in [5.74, 6) is 0. The SMILES string of the molecule is O=C(NCc1cccc(CN2CCOCC2)c1)N[C@H]1CCCc2ccccc21. The third-order valence-electron chi connectivity index (χ3n) is 5.63. The van der Waals surface area contributed by atoms with Crippen molar-refractivity contribution in [3.63, 3.8) is 0 Å². The van der Waals surface area contributed by atoms with Gasteiger partial charge in [0, 0.05) is 26.2 Å². The predicted octanol–water partition coefficient (Wildman–Crippen LogP) is 3.40. The third-order valence-corrected chi connectivity index (χ3v) is 5.63. The van der Waals surface area contributed by atoms with Crippen molar-refractivity contribution in [2.75, 3.05) is 26.3 Å². The first-order valence-corrected chi connectivity index (χ1v) is 10.3. The molecule has 2 aliphatic rings. The number of hydrogen-bond acceptors (Lipinski definition) is 3. The summed E-state index contributed by atoms with van der Waals surface area (Å²) in [4.78, 5) is 14.9. The number of benzene rings is 2. The highest BCUT2D eigenvalue weighted by molar-refractivity contribution is 5.74. The van der Waals surface area contributed by atoms with E-state index in [-0.39, 0.29) is 12.1 Å². The van der Waals surface area contributed by atoms with Crippen LogP contribution in [0.4, 0.5) is 4.79 Å². The Kier molecular flexibility index (Phi) is 6.24. The lowest BCUT2D eigenvalue weighted by Gasteiger charge is -2.27. The van der Waals surface area contributed by atoms with Crippen molar-refractivity contribution in [2.24, 2.45) is 0 Å². The molecule has 2 aromatic rings. The number of carbonyl (C=O) groups is 1. The summed E-state index contributed by atoms with van der Waals surface area (Å²) >= 11 is 0. The molecule has 1 fully saturated rings. The molecule has 0 aromatic heterocycles. The summed E-state index contributed by atoms with van der Waals surface area (Å²) in [6.07, 6.45) is 3.22. The minimum atomic E-state index is -0.0970. The van der Waals surface area contributed by atoms with Gasteiger partial charge in [0.05, 0.1) is 19.3 Å². The fraction of sp³-hybridized carbons (Fsp3) is 0.435. The highest BCUT2D eigenvalue weighted by atomic mass is 16.5. The third kappa shape index (κ3) is 4.91. The molecule has 5 nitrogen and oxygen atoms in total. The van der Waals surface area contributed by atoms with E-state index < -0.39 is 0 Å². The van der Waals surface area contributed by atoms with Crippen LogP contribution in [0.5, 0.6) is 0 Å². The average molecular weight is 380 g/mol. The van der Waals surface area contributed by atoms with Gasteiger partial charge in [0.2, 0.25) is 0 Å². The van der Waals surface area contributed by atoms with E-state index in [1.165, 1.54) is 16.7 Å². The van der Waals surface area contributed by atoms with Gasteiger partial charge >= 0.3 is 6.03 Å². The number of nitrogens with zero attached hydrogens (tertiary/aromatic N) is 1. The van der Waals surface area contributed by atoms with Crippen LogP contribution in [0, 0.1) is 0 Å². The lowest BCUT2D eigenvalue weighted by atomic mass is 9.88. The Labute approximate surface area is 167 Å². The standard InChI is InChI=1S/C23H29N3O2/c27-23(25-22-10-4-8-20-7-1-2-9-21(20)22)24-16-18-5-3-6-19(15-18)17-26-11-13-28-14-12-26/h1-3,5-7,9,15,22H,4,8,10-14,16-17H2,(H2,24,25,27)/t22-/m0/s1. The Morgan fingerprint density at radius 1 is 1.07 bits per heavy atom. The highest BCUT2D eigenvalue weighted by Gasteiger charge is 2.21. The number of hydrogen-bond donors (Lipinski definition) is 2. The zero-order valence-electron chi connectivity index (χ0n) is 16.3. The van der Waals surface area contributed by atoms with Crippen LogP contribution in [0.1, 0.15) is 41.1 Å². The first kappa shape index (κ1) is 19.0. The molecule has 4 rings (SSSR count). The molecular formula is C23H29N3O2. The average Bonchev–Trinajstić information content (AvgIpc) is 2.74. The number of amides is 2. The van der Waals surface area contributed by atoms with E-state index in [0.29, 0.717) is 6.54 Å². The number of urea groups is 1. The molecule has 0 saturated carbocycles. The largest absolute Gasteiger partial charge is 0.379 e. The molecule has 2 aromatic carbocycles. The predicted molar refractivity (Wildman–Crippen MR) is 110 cm³/mol. The summed E-state index contributed by atoms with van der Waals surface area (Å²) in [5, 5.41) is 6.18. The topological polar surface area (TPSA) is 53.6 Å². The van der Waals surface area contributed by atoms with Gasteiger partial charge in [-0.15, -0.1) is 0 Å². The Balaban J connectivity index is 1.30. The van der Waals surface area contributed by atoms with E-state index in [1.807, 2.05) is 0 Å². The van der Waals surface area contributed by atoms with Gasteiger partial charge in [-0.1, -0.05) is 48.5 Å². The summed E-state index contributed by atoms with van der Waals surface area (Å²) in [7, 11) is 0. The maximum Gasteiger partial charge on any atom is 0.315 e. The second-order valence-electron chi connectivity index (χ2n) is 7.68. The number of morpholine rings is 1. The van der Waals surface area contributed by atoms with Crippen molar-refractivity contribution >= 4 is 6.03 Å². The van der Waals surface area contributed by atoms with Crippen molar-refractivity contribution < 1.29 is 9.53 Å². The zero-order valence-corrected chi connectivity index (χ0v) is 16.3. The van der Waals surface area contributed by atoms with Gasteiger partial charge in [0.1, 0.15) is 0 Å². The molecule has 1 aliphatic heterocycles. The minimum Gasteiger partial charge on any atom is -0.379 e. The number of carbonyl (C=O) groups excluding carboxylic acids is 1. The van der Waals surface area contributed by atoms with E-state index in [4.69, 9.17) is 4.74 Å². The van der Waals surface area contributed by atoms with Crippen LogP contribution in [-0.2, 0) is 24.2 Å². The van der Waals surface area contributed by atoms with Gasteiger partial charge in [-0.2, -0.15) is 0 Å². The van der Waals surface area contributed by atoms with Crippen molar-refractivity contribution in [3.05, 3.63) is 70.8 Å². The van der Waals surface area contributed by atoms with E-state index >= 15 is 0 Å². The van der Waals surface area contributed by atoms with Crippen LogP contribution in [0.3, 0.4) is 0 Å². The van der Waals surface area contributed by atoms with Crippen LogP contribution in [0.15, 0.2) is 48.5 Å². The quantitative estimate of drug-likeness (QED) is 0.837. The normalized spacial score (nSPS) is 19.6. The van der Waals surface area contributed by atoms with E-state index in [1.54, 1.807) is 0 Å². The van der Waals surface area contributed by atoms with E-state index in [0.717, 1.165) is 57.7 Å². The maximum absolute atomic E-state index is 12.5. The number of ether oxygens (including phenoxy) is 1. The van der Waals surface area contributed by atoms with Crippen molar-refractivity contribution in [3.8, 4) is 0 Å². The molecule has 28 heavy (non-hydrogen) atoms. The monoisotopic (exact) mass is 379 g/mol. The number of nitrogens with one attached hydrogen (secondary N) is 2. The van der Waals surface area contributed by atoms with Crippen molar-refractivity contribution in [1.29, 1.82) is 0 Å². The summed E-state index contributed by atoms with van der Waals surface area (Å²) in [6, 6.07) is 16.9. The van der Waals surface area contributed by atoms with Crippen molar-refractivity contribution in [1.82, 2.24) is 15.5 Å². The second-order valence-corrected chi connectivity index (χ2v) is 7.68. The van der Waals surface area contributed by atoms with Gasteiger partial charge in [0.25, 0.3) is 0 Å². The zero-order chi connectivity index (χ0) is 19.2. The first-order chi connectivity index (χ1) is 13.8. The molecule has 1 heterocycles. The van der Waals surface area contributed by atoms with Gasteiger partial charge < -0.3 is 15.4 Å². The van der Waals surface area contributed by atoms with Crippen molar-refractivity contribution in [2.45, 2.75) is 38.4 Å². The van der Waals surface area contributed by atoms with Gasteiger partial charge in [-0.3, -0.25) is 4.90 Å².